The molecule has 80 valence electrons. The fourth-order valence-electron chi connectivity index (χ4n) is 1.41. The van der Waals surface area contributed by atoms with Gasteiger partial charge in [-0.25, -0.2) is 4.39 Å². The zero-order valence-electron chi connectivity index (χ0n) is 8.29. The van der Waals surface area contributed by atoms with Crippen LogP contribution in [-0.2, 0) is 11.3 Å². The van der Waals surface area contributed by atoms with Crippen molar-refractivity contribution in [2.45, 2.75) is 6.54 Å². The van der Waals surface area contributed by atoms with Crippen LogP contribution in [0.15, 0.2) is 24.3 Å². The average Bonchev–Trinajstić information content (AvgIpc) is 2.14. The molecule has 2 N–H and O–H groups in total. The molecule has 1 amide bonds. The van der Waals surface area contributed by atoms with Crippen molar-refractivity contribution in [1.29, 1.82) is 0 Å². The normalized spacial score (nSPS) is 15.8. The number of carbonyl (C=O) groups is 1. The molecule has 0 bridgehead atoms. The van der Waals surface area contributed by atoms with Gasteiger partial charge in [0, 0.05) is 19.6 Å². The molecule has 0 unspecified atom stereocenters. The smallest absolute Gasteiger partial charge is 0.225 e. The highest BCUT2D eigenvalue weighted by Crippen LogP contribution is 2.05. The molecule has 0 aromatic heterocycles. The van der Waals surface area contributed by atoms with E-state index in [4.69, 9.17) is 0 Å². The Morgan fingerprint density at radius 1 is 1.40 bits per heavy atom. The average molecular weight is 208 g/mol. The molecule has 0 saturated carbocycles. The van der Waals surface area contributed by atoms with Crippen LogP contribution in [0.4, 0.5) is 4.39 Å². The Morgan fingerprint density at radius 3 is 2.60 bits per heavy atom. The van der Waals surface area contributed by atoms with E-state index in [0.29, 0.717) is 6.54 Å². The maximum absolute atomic E-state index is 12.6. The highest BCUT2D eigenvalue weighted by molar-refractivity contribution is 5.79. The summed E-state index contributed by atoms with van der Waals surface area (Å²) in [5.41, 5.74) is 0.914. The summed E-state index contributed by atoms with van der Waals surface area (Å²) in [5.74, 6) is -0.0863. The van der Waals surface area contributed by atoms with Gasteiger partial charge in [-0.2, -0.15) is 0 Å². The second-order valence-electron chi connectivity index (χ2n) is 3.70. The van der Waals surface area contributed by atoms with Crippen molar-refractivity contribution in [2.24, 2.45) is 5.92 Å². The van der Waals surface area contributed by atoms with Crippen molar-refractivity contribution in [3.63, 3.8) is 0 Å². The highest BCUT2D eigenvalue weighted by atomic mass is 19.1. The number of carbonyl (C=O) groups excluding carboxylic acids is 1. The third kappa shape index (κ3) is 2.53. The minimum absolute atomic E-state index is 0.0677. The number of halogens is 1. The number of benzene rings is 1. The summed E-state index contributed by atoms with van der Waals surface area (Å²) in [5, 5.41) is 5.86. The van der Waals surface area contributed by atoms with Gasteiger partial charge in [0.2, 0.25) is 5.91 Å². The van der Waals surface area contributed by atoms with E-state index < -0.39 is 0 Å². The van der Waals surface area contributed by atoms with Crippen molar-refractivity contribution >= 4 is 5.91 Å². The van der Waals surface area contributed by atoms with E-state index in [0.717, 1.165) is 18.7 Å². The first-order valence-corrected chi connectivity index (χ1v) is 4.98. The van der Waals surface area contributed by atoms with Crippen molar-refractivity contribution < 1.29 is 9.18 Å². The van der Waals surface area contributed by atoms with Gasteiger partial charge < -0.3 is 10.6 Å². The lowest BCUT2D eigenvalue weighted by molar-refractivity contribution is -0.126. The third-order valence-electron chi connectivity index (χ3n) is 2.53. The van der Waals surface area contributed by atoms with Gasteiger partial charge in [-0.05, 0) is 17.7 Å². The second kappa shape index (κ2) is 4.40. The van der Waals surface area contributed by atoms with Crippen LogP contribution >= 0.6 is 0 Å². The standard InChI is InChI=1S/C11H13FN2O/c12-10-3-1-8(2-4-10)5-14-11(15)9-6-13-7-9/h1-4,9,13H,5-7H2,(H,14,15). The fraction of sp³-hybridized carbons (Fsp3) is 0.364. The van der Waals surface area contributed by atoms with E-state index in [1.807, 2.05) is 0 Å². The second-order valence-corrected chi connectivity index (χ2v) is 3.70. The predicted molar refractivity (Wildman–Crippen MR) is 54.6 cm³/mol. The van der Waals surface area contributed by atoms with Gasteiger partial charge in [0.25, 0.3) is 0 Å². The zero-order chi connectivity index (χ0) is 10.7. The molecule has 0 atom stereocenters. The van der Waals surface area contributed by atoms with Crippen LogP contribution in [0.1, 0.15) is 5.56 Å². The van der Waals surface area contributed by atoms with Gasteiger partial charge in [-0.3, -0.25) is 4.79 Å². The van der Waals surface area contributed by atoms with Crippen molar-refractivity contribution in [2.75, 3.05) is 13.1 Å². The van der Waals surface area contributed by atoms with Gasteiger partial charge in [-0.15, -0.1) is 0 Å². The summed E-state index contributed by atoms with van der Waals surface area (Å²) in [6.45, 7) is 1.99. The quantitative estimate of drug-likeness (QED) is 0.766. The van der Waals surface area contributed by atoms with E-state index in [1.165, 1.54) is 12.1 Å². The summed E-state index contributed by atoms with van der Waals surface area (Å²) in [4.78, 5) is 11.4. The Balaban J connectivity index is 1.82. The lowest BCUT2D eigenvalue weighted by Gasteiger charge is -2.25. The van der Waals surface area contributed by atoms with Crippen LogP contribution in [0.2, 0.25) is 0 Å². The van der Waals surface area contributed by atoms with Crippen molar-refractivity contribution in [3.8, 4) is 0 Å². The molecule has 1 heterocycles. The van der Waals surface area contributed by atoms with Crippen LogP contribution in [0, 0.1) is 11.7 Å². The Kier molecular flexibility index (Phi) is 2.97. The number of amides is 1. The van der Waals surface area contributed by atoms with Crippen LogP contribution < -0.4 is 10.6 Å². The predicted octanol–water partition coefficient (Wildman–Crippen LogP) is 0.661. The first-order chi connectivity index (χ1) is 7.25. The summed E-state index contributed by atoms with van der Waals surface area (Å²) < 4.78 is 12.6. The lowest BCUT2D eigenvalue weighted by atomic mass is 10.0. The Morgan fingerprint density at radius 2 is 2.07 bits per heavy atom. The molecule has 0 radical (unpaired) electrons. The van der Waals surface area contributed by atoms with Gasteiger partial charge in [-0.1, -0.05) is 12.1 Å². The van der Waals surface area contributed by atoms with Gasteiger partial charge >= 0.3 is 0 Å². The topological polar surface area (TPSA) is 41.1 Å². The fourth-order valence-corrected chi connectivity index (χ4v) is 1.41. The maximum Gasteiger partial charge on any atom is 0.225 e. The molecule has 1 aliphatic rings. The van der Waals surface area contributed by atoms with E-state index in [9.17, 15) is 9.18 Å². The van der Waals surface area contributed by atoms with E-state index in [1.54, 1.807) is 12.1 Å². The largest absolute Gasteiger partial charge is 0.352 e. The molecular weight excluding hydrogens is 195 g/mol. The number of nitrogens with one attached hydrogen (secondary N) is 2. The molecule has 4 heteroatoms. The van der Waals surface area contributed by atoms with Gasteiger partial charge in [0.1, 0.15) is 5.82 Å². The lowest BCUT2D eigenvalue weighted by Crippen LogP contribution is -2.50. The first kappa shape index (κ1) is 10.1. The monoisotopic (exact) mass is 208 g/mol. The van der Waals surface area contributed by atoms with Gasteiger partial charge in [0.15, 0.2) is 0 Å². The van der Waals surface area contributed by atoms with Gasteiger partial charge in [0.05, 0.1) is 5.92 Å². The summed E-state index contributed by atoms with van der Waals surface area (Å²) >= 11 is 0. The Bertz CT molecular complexity index is 346. The molecule has 1 fully saturated rings. The van der Waals surface area contributed by atoms with Crippen molar-refractivity contribution in [1.82, 2.24) is 10.6 Å². The third-order valence-corrected chi connectivity index (χ3v) is 2.53. The Hall–Kier alpha value is -1.42. The van der Waals surface area contributed by atoms with E-state index in [-0.39, 0.29) is 17.6 Å². The number of hydrogen-bond acceptors (Lipinski definition) is 2. The van der Waals surface area contributed by atoms with Crippen molar-refractivity contribution in [3.05, 3.63) is 35.6 Å². The zero-order valence-corrected chi connectivity index (χ0v) is 8.29. The molecular formula is C11H13FN2O. The van der Waals surface area contributed by atoms with Crippen LogP contribution in [0.3, 0.4) is 0 Å². The van der Waals surface area contributed by atoms with Crippen LogP contribution in [0.25, 0.3) is 0 Å². The molecule has 1 aromatic carbocycles. The molecule has 3 nitrogen and oxygen atoms in total. The van der Waals surface area contributed by atoms with Crippen LogP contribution in [-0.4, -0.2) is 19.0 Å². The van der Waals surface area contributed by atoms with Crippen LogP contribution in [0.5, 0.6) is 0 Å². The summed E-state index contributed by atoms with van der Waals surface area (Å²) in [6.07, 6.45) is 0. The highest BCUT2D eigenvalue weighted by Gasteiger charge is 2.24. The SMILES string of the molecule is O=C(NCc1ccc(F)cc1)C1CNC1. The Labute approximate surface area is 87.7 Å². The number of hydrogen-bond donors (Lipinski definition) is 2. The molecule has 0 aliphatic carbocycles. The van der Waals surface area contributed by atoms with E-state index in [2.05, 4.69) is 10.6 Å². The minimum atomic E-state index is -0.256. The minimum Gasteiger partial charge on any atom is -0.352 e. The molecule has 1 aromatic rings. The molecule has 2 rings (SSSR count). The summed E-state index contributed by atoms with van der Waals surface area (Å²) in [7, 11) is 0. The summed E-state index contributed by atoms with van der Waals surface area (Å²) in [6, 6.07) is 6.14. The molecule has 1 aliphatic heterocycles. The molecule has 0 spiro atoms. The molecule has 15 heavy (non-hydrogen) atoms. The van der Waals surface area contributed by atoms with E-state index >= 15 is 0 Å². The first-order valence-electron chi connectivity index (χ1n) is 4.98. The molecule has 1 saturated heterocycles. The maximum atomic E-state index is 12.6. The number of rotatable bonds is 3.